The third-order valence-corrected chi connectivity index (χ3v) is 1.74. The molecule has 0 saturated carbocycles. The zero-order valence-corrected chi connectivity index (χ0v) is 7.85. The second-order valence-electron chi connectivity index (χ2n) is 2.82. The van der Waals surface area contributed by atoms with E-state index in [4.69, 9.17) is 10.5 Å². The summed E-state index contributed by atoms with van der Waals surface area (Å²) in [6.45, 7) is 3.82. The minimum absolute atomic E-state index is 0.308. The Morgan fingerprint density at radius 3 is 2.64 bits per heavy atom. The molecule has 74 valence electrons. The van der Waals surface area contributed by atoms with E-state index in [0.717, 1.165) is 5.56 Å². The van der Waals surface area contributed by atoms with Crippen molar-refractivity contribution in [3.8, 4) is 0 Å². The van der Waals surface area contributed by atoms with E-state index in [0.29, 0.717) is 6.61 Å². The van der Waals surface area contributed by atoms with E-state index in [1.807, 2.05) is 18.2 Å². The molecule has 1 aromatic rings. The van der Waals surface area contributed by atoms with Crippen molar-refractivity contribution in [2.24, 2.45) is 5.73 Å². The summed E-state index contributed by atoms with van der Waals surface area (Å²) < 4.78 is 5.25. The lowest BCUT2D eigenvalue weighted by atomic mass is 10.1. The van der Waals surface area contributed by atoms with Crippen LogP contribution in [-0.4, -0.2) is 12.5 Å². The summed E-state index contributed by atoms with van der Waals surface area (Å²) in [5.74, 6) is -0.488. The second-order valence-corrected chi connectivity index (χ2v) is 2.82. The molecule has 1 unspecified atom stereocenters. The van der Waals surface area contributed by atoms with Gasteiger partial charge in [0.25, 0.3) is 5.91 Å². The molecule has 1 rings (SSSR count). The van der Waals surface area contributed by atoms with Gasteiger partial charge in [-0.05, 0) is 5.56 Å². The van der Waals surface area contributed by atoms with Gasteiger partial charge >= 0.3 is 0 Å². The molecule has 0 bridgehead atoms. The molecule has 0 aliphatic rings. The van der Waals surface area contributed by atoms with E-state index >= 15 is 0 Å². The fraction of sp³-hybridized carbons (Fsp3) is 0.182. The van der Waals surface area contributed by atoms with Gasteiger partial charge in [0.2, 0.25) is 0 Å². The fourth-order valence-corrected chi connectivity index (χ4v) is 1.13. The van der Waals surface area contributed by atoms with Crippen molar-refractivity contribution < 1.29 is 9.53 Å². The van der Waals surface area contributed by atoms with Crippen LogP contribution in [0.1, 0.15) is 11.7 Å². The highest BCUT2D eigenvalue weighted by atomic mass is 16.5. The number of carbonyl (C=O) groups excluding carboxylic acids is 1. The minimum atomic E-state index is -0.686. The van der Waals surface area contributed by atoms with Crippen molar-refractivity contribution in [3.05, 3.63) is 48.6 Å². The first-order chi connectivity index (χ1) is 6.75. The van der Waals surface area contributed by atoms with Gasteiger partial charge in [0, 0.05) is 0 Å². The number of benzene rings is 1. The zero-order valence-electron chi connectivity index (χ0n) is 7.85. The van der Waals surface area contributed by atoms with Crippen LogP contribution in [0.2, 0.25) is 0 Å². The van der Waals surface area contributed by atoms with Crippen molar-refractivity contribution in [1.82, 2.24) is 0 Å². The Hall–Kier alpha value is -1.61. The first-order valence-electron chi connectivity index (χ1n) is 4.32. The molecule has 0 saturated heterocycles. The van der Waals surface area contributed by atoms with Gasteiger partial charge < -0.3 is 10.5 Å². The molecule has 0 aliphatic heterocycles. The summed E-state index contributed by atoms with van der Waals surface area (Å²) in [5, 5.41) is 0. The molecule has 0 fully saturated rings. The third kappa shape index (κ3) is 2.71. The van der Waals surface area contributed by atoms with Crippen LogP contribution in [0.4, 0.5) is 0 Å². The minimum Gasteiger partial charge on any atom is -0.367 e. The molecule has 1 aromatic carbocycles. The highest BCUT2D eigenvalue weighted by Gasteiger charge is 2.16. The van der Waals surface area contributed by atoms with Crippen molar-refractivity contribution in [2.75, 3.05) is 6.61 Å². The smallest absolute Gasteiger partial charge is 0.251 e. The lowest BCUT2D eigenvalue weighted by molar-refractivity contribution is -0.129. The fourth-order valence-electron chi connectivity index (χ4n) is 1.13. The Bertz CT molecular complexity index is 308. The number of amides is 1. The van der Waals surface area contributed by atoms with Gasteiger partial charge in [-0.1, -0.05) is 36.4 Å². The maximum absolute atomic E-state index is 11.1. The predicted octanol–water partition coefficient (Wildman–Crippen LogP) is 1.42. The zero-order chi connectivity index (χ0) is 10.4. The monoisotopic (exact) mass is 191 g/mol. The molecule has 0 radical (unpaired) electrons. The Kier molecular flexibility index (Phi) is 3.88. The van der Waals surface area contributed by atoms with Gasteiger partial charge in [-0.15, -0.1) is 6.58 Å². The van der Waals surface area contributed by atoms with Crippen LogP contribution in [0.25, 0.3) is 0 Å². The first kappa shape index (κ1) is 10.5. The highest BCUT2D eigenvalue weighted by molar-refractivity contribution is 5.80. The standard InChI is InChI=1S/C11H13NO2/c1-2-8-14-10(11(12)13)9-6-4-3-5-7-9/h2-7,10H,1,8H2,(H2,12,13). The van der Waals surface area contributed by atoms with Crippen molar-refractivity contribution in [3.63, 3.8) is 0 Å². The van der Waals surface area contributed by atoms with Gasteiger partial charge in [0.05, 0.1) is 6.61 Å². The molecule has 3 nitrogen and oxygen atoms in total. The molecule has 0 aromatic heterocycles. The van der Waals surface area contributed by atoms with Crippen molar-refractivity contribution >= 4 is 5.91 Å². The van der Waals surface area contributed by atoms with Crippen LogP contribution < -0.4 is 5.73 Å². The van der Waals surface area contributed by atoms with E-state index in [-0.39, 0.29) is 0 Å². The molecule has 0 heterocycles. The highest BCUT2D eigenvalue weighted by Crippen LogP contribution is 2.16. The number of rotatable bonds is 5. The molecule has 3 heteroatoms. The number of nitrogens with two attached hydrogens (primary N) is 1. The predicted molar refractivity (Wildman–Crippen MR) is 54.5 cm³/mol. The van der Waals surface area contributed by atoms with Gasteiger partial charge in [-0.25, -0.2) is 0 Å². The average molecular weight is 191 g/mol. The Morgan fingerprint density at radius 1 is 1.50 bits per heavy atom. The molecule has 0 aliphatic carbocycles. The summed E-state index contributed by atoms with van der Waals surface area (Å²) >= 11 is 0. The number of hydrogen-bond acceptors (Lipinski definition) is 2. The van der Waals surface area contributed by atoms with E-state index in [1.54, 1.807) is 18.2 Å². The number of ether oxygens (including phenoxy) is 1. The lowest BCUT2D eigenvalue weighted by Gasteiger charge is -2.13. The average Bonchev–Trinajstić information content (AvgIpc) is 2.19. The topological polar surface area (TPSA) is 52.3 Å². The van der Waals surface area contributed by atoms with Crippen LogP contribution in [0.5, 0.6) is 0 Å². The lowest BCUT2D eigenvalue weighted by Crippen LogP contribution is -2.23. The number of primary amides is 1. The SMILES string of the molecule is C=CCOC(C(N)=O)c1ccccc1. The maximum Gasteiger partial charge on any atom is 0.251 e. The van der Waals surface area contributed by atoms with E-state index in [2.05, 4.69) is 6.58 Å². The van der Waals surface area contributed by atoms with Crippen LogP contribution in [0, 0.1) is 0 Å². The van der Waals surface area contributed by atoms with Crippen LogP contribution >= 0.6 is 0 Å². The maximum atomic E-state index is 11.1. The van der Waals surface area contributed by atoms with E-state index in [1.165, 1.54) is 0 Å². The Morgan fingerprint density at radius 2 is 2.14 bits per heavy atom. The summed E-state index contributed by atoms with van der Waals surface area (Å²) in [5.41, 5.74) is 5.98. The first-order valence-corrected chi connectivity index (χ1v) is 4.32. The van der Waals surface area contributed by atoms with Gasteiger partial charge in [0.1, 0.15) is 0 Å². The molecule has 2 N–H and O–H groups in total. The van der Waals surface area contributed by atoms with Crippen molar-refractivity contribution in [1.29, 1.82) is 0 Å². The van der Waals surface area contributed by atoms with Gasteiger partial charge in [-0.2, -0.15) is 0 Å². The summed E-state index contributed by atoms with van der Waals surface area (Å²) in [6.07, 6.45) is 0.896. The van der Waals surface area contributed by atoms with Crippen molar-refractivity contribution in [2.45, 2.75) is 6.10 Å². The van der Waals surface area contributed by atoms with Crippen LogP contribution in [0.3, 0.4) is 0 Å². The number of carbonyl (C=O) groups is 1. The summed E-state index contributed by atoms with van der Waals surface area (Å²) in [7, 11) is 0. The summed E-state index contributed by atoms with van der Waals surface area (Å²) in [4.78, 5) is 11.1. The van der Waals surface area contributed by atoms with E-state index in [9.17, 15) is 4.79 Å². The summed E-state index contributed by atoms with van der Waals surface area (Å²) in [6, 6.07) is 9.15. The molecular weight excluding hydrogens is 178 g/mol. The Labute approximate surface area is 83.2 Å². The van der Waals surface area contributed by atoms with Crippen LogP contribution in [-0.2, 0) is 9.53 Å². The molecule has 0 spiro atoms. The molecule has 14 heavy (non-hydrogen) atoms. The molecular formula is C11H13NO2. The van der Waals surface area contributed by atoms with Crippen LogP contribution in [0.15, 0.2) is 43.0 Å². The normalized spacial score (nSPS) is 12.0. The largest absolute Gasteiger partial charge is 0.367 e. The Balaban J connectivity index is 2.78. The molecule has 1 amide bonds. The van der Waals surface area contributed by atoms with Gasteiger partial charge in [0.15, 0.2) is 6.10 Å². The number of hydrogen-bond donors (Lipinski definition) is 1. The third-order valence-electron chi connectivity index (χ3n) is 1.74. The second kappa shape index (κ2) is 5.19. The molecule has 1 atom stereocenters. The van der Waals surface area contributed by atoms with E-state index < -0.39 is 12.0 Å². The van der Waals surface area contributed by atoms with Gasteiger partial charge in [-0.3, -0.25) is 4.79 Å². The quantitative estimate of drug-likeness (QED) is 0.715.